The zero-order valence-corrected chi connectivity index (χ0v) is 16.0. The number of nitrogens with zero attached hydrogens (tertiary/aromatic N) is 3. The fourth-order valence-corrected chi connectivity index (χ4v) is 3.98. The molecule has 1 aromatic heterocycles. The van der Waals surface area contributed by atoms with Crippen LogP contribution in [0.25, 0.3) is 27.9 Å². The predicted octanol–water partition coefficient (Wildman–Crippen LogP) is 4.52. The van der Waals surface area contributed by atoms with Gasteiger partial charge < -0.3 is 10.3 Å². The van der Waals surface area contributed by atoms with Crippen LogP contribution in [0, 0.1) is 0 Å². The normalized spacial score (nSPS) is 15.6. The van der Waals surface area contributed by atoms with Crippen LogP contribution in [0.15, 0.2) is 83.5 Å². The van der Waals surface area contributed by atoms with Crippen molar-refractivity contribution in [2.75, 3.05) is 5.01 Å². The highest BCUT2D eigenvalue weighted by atomic mass is 16.2. The quantitative estimate of drug-likeness (QED) is 0.531. The van der Waals surface area contributed by atoms with E-state index in [1.807, 2.05) is 42.5 Å². The number of hydrogen-bond donors (Lipinski definition) is 1. The first-order chi connectivity index (χ1) is 14.2. The fourth-order valence-electron chi connectivity index (χ4n) is 3.98. The smallest absolute Gasteiger partial charge is 0.282 e. The van der Waals surface area contributed by atoms with E-state index in [1.54, 1.807) is 0 Å². The number of carbonyl (C=O) groups is 1. The Morgan fingerprint density at radius 2 is 1.66 bits per heavy atom. The molecule has 3 aromatic carbocycles. The van der Waals surface area contributed by atoms with Gasteiger partial charge in [0.25, 0.3) is 5.91 Å². The number of hydrogen-bond acceptors (Lipinski definition) is 3. The second-order valence-electron chi connectivity index (χ2n) is 7.03. The molecule has 0 aliphatic carbocycles. The van der Waals surface area contributed by atoms with Gasteiger partial charge in [-0.05, 0) is 48.9 Å². The van der Waals surface area contributed by atoms with Gasteiger partial charge in [0.2, 0.25) is 0 Å². The fraction of sp³-hybridized carbons (Fsp3) is 0.0833. The summed E-state index contributed by atoms with van der Waals surface area (Å²) in [6.45, 7) is 3.04. The molecule has 1 amide bonds. The van der Waals surface area contributed by atoms with Crippen LogP contribution in [0.3, 0.4) is 0 Å². The van der Waals surface area contributed by atoms with Gasteiger partial charge in [-0.3, -0.25) is 4.79 Å². The van der Waals surface area contributed by atoms with Crippen LogP contribution in [-0.4, -0.2) is 16.3 Å². The van der Waals surface area contributed by atoms with Crippen molar-refractivity contribution in [3.05, 3.63) is 83.9 Å². The third kappa shape index (κ3) is 2.70. The van der Waals surface area contributed by atoms with Gasteiger partial charge in [-0.2, -0.15) is 5.01 Å². The number of fused-ring (bicyclic) bond motifs is 3. The third-order valence-corrected chi connectivity index (χ3v) is 5.33. The van der Waals surface area contributed by atoms with E-state index in [9.17, 15) is 4.79 Å². The first kappa shape index (κ1) is 17.3. The molecule has 0 spiro atoms. The topological polar surface area (TPSA) is 63.6 Å². The summed E-state index contributed by atoms with van der Waals surface area (Å²) < 4.78 is 2.30. The zero-order chi connectivity index (χ0) is 20.0. The molecule has 2 N–H and O–H groups in total. The molecule has 2 heterocycles. The molecule has 1 aliphatic rings. The number of amidine groups is 1. The first-order valence-electron chi connectivity index (χ1n) is 9.64. The predicted molar refractivity (Wildman–Crippen MR) is 119 cm³/mol. The lowest BCUT2D eigenvalue weighted by Crippen LogP contribution is -2.22. The van der Waals surface area contributed by atoms with E-state index in [4.69, 9.17) is 5.73 Å². The van der Waals surface area contributed by atoms with Crippen LogP contribution >= 0.6 is 0 Å². The molecule has 0 fully saturated rings. The Bertz CT molecular complexity index is 1310. The van der Waals surface area contributed by atoms with E-state index in [0.29, 0.717) is 11.3 Å². The molecule has 142 valence electrons. The average molecular weight is 380 g/mol. The minimum atomic E-state index is -0.218. The molecule has 5 rings (SSSR count). The van der Waals surface area contributed by atoms with Gasteiger partial charge in [0, 0.05) is 28.4 Å². The van der Waals surface area contributed by atoms with Crippen molar-refractivity contribution in [3.8, 4) is 0 Å². The number of amides is 1. The summed E-state index contributed by atoms with van der Waals surface area (Å²) in [6.07, 6.45) is 1.82. The molecular formula is C24H20N4O. The van der Waals surface area contributed by atoms with Crippen molar-refractivity contribution >= 4 is 45.3 Å². The summed E-state index contributed by atoms with van der Waals surface area (Å²) in [7, 11) is 0. The molecule has 29 heavy (non-hydrogen) atoms. The number of rotatable bonds is 3. The molecule has 5 nitrogen and oxygen atoms in total. The number of anilines is 1. The second kappa shape index (κ2) is 6.63. The van der Waals surface area contributed by atoms with Crippen molar-refractivity contribution in [1.29, 1.82) is 0 Å². The average Bonchev–Trinajstić information content (AvgIpc) is 3.23. The Morgan fingerprint density at radius 3 is 2.45 bits per heavy atom. The highest BCUT2D eigenvalue weighted by Crippen LogP contribution is 2.31. The number of aromatic nitrogens is 1. The number of hydrazone groups is 1. The van der Waals surface area contributed by atoms with Crippen molar-refractivity contribution < 1.29 is 4.79 Å². The van der Waals surface area contributed by atoms with Crippen LogP contribution in [0.1, 0.15) is 12.5 Å². The van der Waals surface area contributed by atoms with Crippen molar-refractivity contribution in [3.63, 3.8) is 0 Å². The largest absolute Gasteiger partial charge is 0.382 e. The molecule has 4 aromatic rings. The molecule has 0 atom stereocenters. The maximum Gasteiger partial charge on any atom is 0.282 e. The van der Waals surface area contributed by atoms with Crippen LogP contribution in [-0.2, 0) is 11.3 Å². The third-order valence-electron chi connectivity index (χ3n) is 5.33. The zero-order valence-electron chi connectivity index (χ0n) is 16.0. The van der Waals surface area contributed by atoms with Gasteiger partial charge in [0.05, 0.1) is 11.3 Å². The Morgan fingerprint density at radius 1 is 0.931 bits per heavy atom. The highest BCUT2D eigenvalue weighted by Gasteiger charge is 2.29. The molecule has 0 radical (unpaired) electrons. The molecular weight excluding hydrogens is 360 g/mol. The van der Waals surface area contributed by atoms with Crippen molar-refractivity contribution in [1.82, 2.24) is 4.57 Å². The number of benzene rings is 3. The van der Waals surface area contributed by atoms with Crippen LogP contribution in [0.2, 0.25) is 0 Å². The first-order valence-corrected chi connectivity index (χ1v) is 9.64. The maximum absolute atomic E-state index is 12.9. The number of nitrogens with two attached hydrogens (primary N) is 1. The van der Waals surface area contributed by atoms with Gasteiger partial charge in [0.15, 0.2) is 5.84 Å². The molecule has 0 saturated carbocycles. The molecule has 5 heteroatoms. The molecule has 0 unspecified atom stereocenters. The summed E-state index contributed by atoms with van der Waals surface area (Å²) in [6, 6.07) is 23.9. The van der Waals surface area contributed by atoms with Gasteiger partial charge in [-0.1, -0.05) is 42.5 Å². The van der Waals surface area contributed by atoms with Crippen LogP contribution < -0.4 is 10.7 Å². The van der Waals surface area contributed by atoms with Crippen LogP contribution in [0.5, 0.6) is 0 Å². The number of para-hydroxylation sites is 2. The monoisotopic (exact) mass is 380 g/mol. The van der Waals surface area contributed by atoms with E-state index in [-0.39, 0.29) is 11.7 Å². The summed E-state index contributed by atoms with van der Waals surface area (Å²) in [5.41, 5.74) is 10.5. The van der Waals surface area contributed by atoms with Crippen LogP contribution in [0.4, 0.5) is 5.69 Å². The highest BCUT2D eigenvalue weighted by molar-refractivity contribution is 6.31. The Balaban J connectivity index is 1.60. The standard InChI is InChI=1S/C24H20N4O/c1-2-27-21-11-7-6-10-18(21)19-14-16(12-13-22(19)27)15-20-23(25)26-28(24(20)29)17-8-4-3-5-9-17/h3-15H,2H2,1H3,(H2,25,26)/b20-15-. The lowest BCUT2D eigenvalue weighted by atomic mass is 10.1. The lowest BCUT2D eigenvalue weighted by molar-refractivity contribution is -0.114. The van der Waals surface area contributed by atoms with Gasteiger partial charge >= 0.3 is 0 Å². The van der Waals surface area contributed by atoms with Gasteiger partial charge in [0.1, 0.15) is 0 Å². The minimum Gasteiger partial charge on any atom is -0.382 e. The van der Waals surface area contributed by atoms with E-state index in [1.165, 1.54) is 21.4 Å². The maximum atomic E-state index is 12.9. The Hall–Kier alpha value is -3.86. The molecule has 1 aliphatic heterocycles. The molecule has 0 bridgehead atoms. The second-order valence-corrected chi connectivity index (χ2v) is 7.03. The van der Waals surface area contributed by atoms with Crippen molar-refractivity contribution in [2.24, 2.45) is 10.8 Å². The van der Waals surface area contributed by atoms with E-state index < -0.39 is 0 Å². The Kier molecular flexibility index (Phi) is 3.95. The summed E-state index contributed by atoms with van der Waals surface area (Å²) in [5, 5.41) is 7.97. The Labute approximate surface area is 168 Å². The number of carbonyl (C=O) groups excluding carboxylic acids is 1. The van der Waals surface area contributed by atoms with E-state index in [0.717, 1.165) is 17.5 Å². The summed E-state index contributed by atoms with van der Waals surface area (Å²) in [5.74, 6) is 0.0136. The SMILES string of the molecule is CCn1c2ccccc2c2cc(/C=C3\C(=O)N(c4ccccc4)N=C3N)ccc21. The number of aryl methyl sites for hydroxylation is 1. The summed E-state index contributed by atoms with van der Waals surface area (Å²) in [4.78, 5) is 12.9. The lowest BCUT2D eigenvalue weighted by Gasteiger charge is -2.10. The van der Waals surface area contributed by atoms with E-state index >= 15 is 0 Å². The van der Waals surface area contributed by atoms with Gasteiger partial charge in [-0.15, -0.1) is 5.10 Å². The molecule has 0 saturated heterocycles. The van der Waals surface area contributed by atoms with Gasteiger partial charge in [-0.25, -0.2) is 0 Å². The summed E-state index contributed by atoms with van der Waals surface area (Å²) >= 11 is 0. The van der Waals surface area contributed by atoms with E-state index in [2.05, 4.69) is 53.0 Å². The minimum absolute atomic E-state index is 0.218. The van der Waals surface area contributed by atoms with Crippen molar-refractivity contribution in [2.45, 2.75) is 13.5 Å².